The molecule has 0 aliphatic rings. The van der Waals surface area contributed by atoms with E-state index in [2.05, 4.69) is 11.9 Å². The summed E-state index contributed by atoms with van der Waals surface area (Å²) in [6.45, 7) is 2.66. The van der Waals surface area contributed by atoms with Crippen LogP contribution in [0.25, 0.3) is 10.8 Å². The van der Waals surface area contributed by atoms with E-state index >= 15 is 0 Å². The molecule has 0 unspecified atom stereocenters. The third-order valence-electron chi connectivity index (χ3n) is 3.41. The molecule has 0 radical (unpaired) electrons. The molecule has 1 aromatic heterocycles. The van der Waals surface area contributed by atoms with Crippen LogP contribution in [0.2, 0.25) is 0 Å². The van der Waals surface area contributed by atoms with Crippen molar-refractivity contribution in [3.05, 3.63) is 36.7 Å². The van der Waals surface area contributed by atoms with Crippen molar-refractivity contribution in [3.8, 4) is 0 Å². The summed E-state index contributed by atoms with van der Waals surface area (Å²) in [6, 6.07) is 7.05. The van der Waals surface area contributed by atoms with Gasteiger partial charge in [-0.2, -0.15) is 0 Å². The lowest BCUT2D eigenvalue weighted by Gasteiger charge is -2.18. The van der Waals surface area contributed by atoms with E-state index in [1.165, 1.54) is 4.31 Å². The second-order valence-electron chi connectivity index (χ2n) is 4.89. The Labute approximate surface area is 120 Å². The minimum atomic E-state index is -3.44. The van der Waals surface area contributed by atoms with Crippen molar-refractivity contribution in [1.82, 2.24) is 9.29 Å². The van der Waals surface area contributed by atoms with E-state index in [1.807, 2.05) is 6.07 Å². The number of rotatable bonds is 6. The molecule has 20 heavy (non-hydrogen) atoms. The van der Waals surface area contributed by atoms with Gasteiger partial charge in [0.15, 0.2) is 0 Å². The third kappa shape index (κ3) is 2.99. The van der Waals surface area contributed by atoms with Gasteiger partial charge in [0, 0.05) is 36.8 Å². The molecule has 0 saturated carbocycles. The van der Waals surface area contributed by atoms with Crippen LogP contribution in [0, 0.1) is 0 Å². The standard InChI is InChI=1S/C15H20N2O2S/c1-3-4-5-11-17(2)20(18,19)15-8-6-7-13-12-16-10-9-14(13)15/h6-10,12H,3-5,11H2,1-2H3. The molecule has 0 aliphatic heterocycles. The molecule has 0 aliphatic carbocycles. The van der Waals surface area contributed by atoms with Crippen LogP contribution < -0.4 is 0 Å². The number of sulfonamides is 1. The number of fused-ring (bicyclic) bond motifs is 1. The maximum atomic E-state index is 12.6. The SMILES string of the molecule is CCCCCN(C)S(=O)(=O)c1cccc2cnccc12. The van der Waals surface area contributed by atoms with Crippen LogP contribution in [-0.4, -0.2) is 31.3 Å². The first-order chi connectivity index (χ1) is 9.57. The summed E-state index contributed by atoms with van der Waals surface area (Å²) in [5, 5.41) is 1.57. The fourth-order valence-corrected chi connectivity index (χ4v) is 3.61. The quantitative estimate of drug-likeness (QED) is 0.769. The molecule has 1 aromatic carbocycles. The summed E-state index contributed by atoms with van der Waals surface area (Å²) in [5.41, 5.74) is 0. The maximum absolute atomic E-state index is 12.6. The van der Waals surface area contributed by atoms with Crippen LogP contribution in [0.1, 0.15) is 26.2 Å². The molecule has 108 valence electrons. The van der Waals surface area contributed by atoms with E-state index in [0.717, 1.165) is 30.0 Å². The molecule has 2 aromatic rings. The van der Waals surface area contributed by atoms with Crippen LogP contribution in [0.3, 0.4) is 0 Å². The van der Waals surface area contributed by atoms with Gasteiger partial charge in [0.05, 0.1) is 4.90 Å². The summed E-state index contributed by atoms with van der Waals surface area (Å²) in [5.74, 6) is 0. The van der Waals surface area contributed by atoms with E-state index < -0.39 is 10.0 Å². The predicted octanol–water partition coefficient (Wildman–Crippen LogP) is 3.05. The first-order valence-corrected chi connectivity index (χ1v) is 8.30. The molecule has 1 heterocycles. The van der Waals surface area contributed by atoms with Gasteiger partial charge in [0.2, 0.25) is 10.0 Å². The number of pyridine rings is 1. The zero-order valence-corrected chi connectivity index (χ0v) is 12.7. The Morgan fingerprint density at radius 3 is 2.75 bits per heavy atom. The first kappa shape index (κ1) is 14.9. The van der Waals surface area contributed by atoms with Crippen molar-refractivity contribution in [2.24, 2.45) is 0 Å². The molecule has 0 bridgehead atoms. The Bertz CT molecular complexity index is 678. The Hall–Kier alpha value is -1.46. The molecule has 0 spiro atoms. The highest BCUT2D eigenvalue weighted by Gasteiger charge is 2.22. The van der Waals surface area contributed by atoms with E-state index in [9.17, 15) is 8.42 Å². The first-order valence-electron chi connectivity index (χ1n) is 6.86. The molecular weight excluding hydrogens is 272 g/mol. The fraction of sp³-hybridized carbons (Fsp3) is 0.400. The Balaban J connectivity index is 2.37. The third-order valence-corrected chi connectivity index (χ3v) is 5.32. The minimum absolute atomic E-state index is 0.358. The van der Waals surface area contributed by atoms with Gasteiger partial charge in [-0.25, -0.2) is 12.7 Å². The Morgan fingerprint density at radius 2 is 2.00 bits per heavy atom. The van der Waals surface area contributed by atoms with Crippen molar-refractivity contribution in [3.63, 3.8) is 0 Å². The lowest BCUT2D eigenvalue weighted by molar-refractivity contribution is 0.455. The van der Waals surface area contributed by atoms with Crippen molar-refractivity contribution >= 4 is 20.8 Å². The number of hydrogen-bond donors (Lipinski definition) is 0. The predicted molar refractivity (Wildman–Crippen MR) is 81.1 cm³/mol. The molecule has 0 saturated heterocycles. The number of benzene rings is 1. The van der Waals surface area contributed by atoms with Gasteiger partial charge in [0.25, 0.3) is 0 Å². The molecule has 2 rings (SSSR count). The van der Waals surface area contributed by atoms with Gasteiger partial charge in [-0.3, -0.25) is 4.98 Å². The van der Waals surface area contributed by atoms with Crippen LogP contribution >= 0.6 is 0 Å². The summed E-state index contributed by atoms with van der Waals surface area (Å²) >= 11 is 0. The minimum Gasteiger partial charge on any atom is -0.264 e. The van der Waals surface area contributed by atoms with Crippen LogP contribution in [0.5, 0.6) is 0 Å². The van der Waals surface area contributed by atoms with Gasteiger partial charge >= 0.3 is 0 Å². The zero-order valence-electron chi connectivity index (χ0n) is 11.9. The molecule has 5 heteroatoms. The highest BCUT2D eigenvalue weighted by atomic mass is 32.2. The zero-order chi connectivity index (χ0) is 14.6. The molecule has 0 amide bonds. The monoisotopic (exact) mass is 292 g/mol. The van der Waals surface area contributed by atoms with Crippen molar-refractivity contribution < 1.29 is 8.42 Å². The van der Waals surface area contributed by atoms with Crippen LogP contribution in [0.4, 0.5) is 0 Å². The summed E-state index contributed by atoms with van der Waals surface area (Å²) in [7, 11) is -1.80. The number of nitrogens with zero attached hydrogens (tertiary/aromatic N) is 2. The number of unbranched alkanes of at least 4 members (excludes halogenated alkanes) is 2. The van der Waals surface area contributed by atoms with Gasteiger partial charge in [-0.15, -0.1) is 0 Å². The molecule has 4 nitrogen and oxygen atoms in total. The largest absolute Gasteiger partial charge is 0.264 e. The highest BCUT2D eigenvalue weighted by molar-refractivity contribution is 7.89. The van der Waals surface area contributed by atoms with Gasteiger partial charge < -0.3 is 0 Å². The van der Waals surface area contributed by atoms with E-state index in [4.69, 9.17) is 0 Å². The molecule has 0 fully saturated rings. The normalized spacial score (nSPS) is 12.2. The summed E-state index contributed by atoms with van der Waals surface area (Å²) in [6.07, 6.45) is 6.32. The number of hydrogen-bond acceptors (Lipinski definition) is 3. The van der Waals surface area contributed by atoms with Crippen LogP contribution in [0.15, 0.2) is 41.6 Å². The van der Waals surface area contributed by atoms with Gasteiger partial charge in [0.1, 0.15) is 0 Å². The number of aromatic nitrogens is 1. The van der Waals surface area contributed by atoms with E-state index in [-0.39, 0.29) is 0 Å². The topological polar surface area (TPSA) is 50.3 Å². The second-order valence-corrected chi connectivity index (χ2v) is 6.90. The maximum Gasteiger partial charge on any atom is 0.243 e. The Morgan fingerprint density at radius 1 is 1.20 bits per heavy atom. The Kier molecular flexibility index (Phi) is 4.73. The lowest BCUT2D eigenvalue weighted by Crippen LogP contribution is -2.28. The second kappa shape index (κ2) is 6.33. The van der Waals surface area contributed by atoms with Crippen molar-refractivity contribution in [2.45, 2.75) is 31.1 Å². The van der Waals surface area contributed by atoms with Gasteiger partial charge in [-0.05, 0) is 18.6 Å². The fourth-order valence-electron chi connectivity index (χ4n) is 2.19. The lowest BCUT2D eigenvalue weighted by atomic mass is 10.2. The van der Waals surface area contributed by atoms with Crippen molar-refractivity contribution in [2.75, 3.05) is 13.6 Å². The molecule has 0 atom stereocenters. The summed E-state index contributed by atoms with van der Waals surface area (Å²) < 4.78 is 26.7. The average Bonchev–Trinajstić information content (AvgIpc) is 2.46. The van der Waals surface area contributed by atoms with Crippen molar-refractivity contribution in [1.29, 1.82) is 0 Å². The van der Waals surface area contributed by atoms with Crippen LogP contribution in [-0.2, 0) is 10.0 Å². The van der Waals surface area contributed by atoms with E-state index in [0.29, 0.717) is 11.4 Å². The smallest absolute Gasteiger partial charge is 0.243 e. The highest BCUT2D eigenvalue weighted by Crippen LogP contribution is 2.24. The molecule has 0 N–H and O–H groups in total. The van der Waals surface area contributed by atoms with E-state index in [1.54, 1.807) is 37.6 Å². The average molecular weight is 292 g/mol. The molecular formula is C15H20N2O2S. The summed E-state index contributed by atoms with van der Waals surface area (Å²) in [4.78, 5) is 4.39. The van der Waals surface area contributed by atoms with Gasteiger partial charge in [-0.1, -0.05) is 31.9 Å².